The number of hydrogen-bond acceptors (Lipinski definition) is 2. The van der Waals surface area contributed by atoms with Crippen LogP contribution in [0, 0.1) is 18.6 Å². The number of carbonyl (C=O) groups is 2. The molecule has 1 aromatic heterocycles. The number of aryl methyl sites for hydroxylation is 1. The lowest BCUT2D eigenvalue weighted by molar-refractivity contribution is -0.140. The van der Waals surface area contributed by atoms with Gasteiger partial charge in [-0.15, -0.1) is 0 Å². The van der Waals surface area contributed by atoms with Gasteiger partial charge in [-0.3, -0.25) is 14.2 Å². The van der Waals surface area contributed by atoms with Crippen LogP contribution in [0.3, 0.4) is 0 Å². The Kier molecular flexibility index (Phi) is 6.63. The SMILES string of the molecule is Cc1c/c(=N\C(=O)c2cccc(C(F)(F)F)c2F)n(CC=O)n1Cc1c(F)cccc1Cl. The molecule has 0 spiro atoms. The van der Waals surface area contributed by atoms with Crippen molar-refractivity contribution in [3.8, 4) is 0 Å². The van der Waals surface area contributed by atoms with Gasteiger partial charge in [-0.05, 0) is 31.2 Å². The van der Waals surface area contributed by atoms with E-state index in [4.69, 9.17) is 11.6 Å². The minimum atomic E-state index is -4.99. The second-order valence-corrected chi connectivity index (χ2v) is 7.14. The quantitative estimate of drug-likeness (QED) is 0.405. The molecule has 0 aliphatic carbocycles. The fourth-order valence-electron chi connectivity index (χ4n) is 3.13. The molecule has 0 N–H and O–H groups in total. The van der Waals surface area contributed by atoms with Gasteiger partial charge in [0.25, 0.3) is 5.91 Å². The molecule has 0 atom stereocenters. The van der Waals surface area contributed by atoms with Crippen molar-refractivity contribution < 1.29 is 31.5 Å². The third-order valence-corrected chi connectivity index (χ3v) is 5.02. The van der Waals surface area contributed by atoms with Gasteiger partial charge in [0, 0.05) is 22.3 Å². The number of benzene rings is 2. The number of hydrogen-bond donors (Lipinski definition) is 0. The first-order valence-electron chi connectivity index (χ1n) is 9.13. The van der Waals surface area contributed by atoms with Gasteiger partial charge in [0.15, 0.2) is 5.49 Å². The zero-order valence-electron chi connectivity index (χ0n) is 16.5. The molecular formula is C21H15ClF5N3O2. The van der Waals surface area contributed by atoms with Crippen LogP contribution in [-0.4, -0.2) is 21.6 Å². The summed E-state index contributed by atoms with van der Waals surface area (Å²) in [6.07, 6.45) is -4.50. The lowest BCUT2D eigenvalue weighted by atomic mass is 10.1. The standard InChI is InChI=1S/C21H15ClF5N3O2/c1-12-10-18(28-20(32)13-4-2-5-15(19(13)24)21(25,26)27)29(8-9-31)30(12)11-14-16(22)6-3-7-17(14)23/h2-7,9-10H,8,11H2,1H3/b28-18+. The van der Waals surface area contributed by atoms with Crippen LogP contribution >= 0.6 is 11.6 Å². The number of nitrogens with zero attached hydrogens (tertiary/aromatic N) is 3. The first-order chi connectivity index (χ1) is 15.0. The largest absolute Gasteiger partial charge is 0.419 e. The van der Waals surface area contributed by atoms with Crippen LogP contribution in [0.25, 0.3) is 0 Å². The van der Waals surface area contributed by atoms with E-state index in [9.17, 15) is 31.5 Å². The average Bonchev–Trinajstić information content (AvgIpc) is 2.98. The van der Waals surface area contributed by atoms with Crippen LogP contribution < -0.4 is 5.49 Å². The Morgan fingerprint density at radius 1 is 1.12 bits per heavy atom. The highest BCUT2D eigenvalue weighted by molar-refractivity contribution is 6.31. The maximum atomic E-state index is 14.3. The minimum Gasteiger partial charge on any atom is -0.301 e. The molecule has 0 aliphatic rings. The van der Waals surface area contributed by atoms with Crippen LogP contribution in [0.15, 0.2) is 47.5 Å². The lowest BCUT2D eigenvalue weighted by Gasteiger charge is -2.14. The molecule has 0 fully saturated rings. The molecule has 5 nitrogen and oxygen atoms in total. The fraction of sp³-hybridized carbons (Fsp3) is 0.190. The smallest absolute Gasteiger partial charge is 0.301 e. The molecule has 0 bridgehead atoms. The maximum Gasteiger partial charge on any atom is 0.419 e. The normalized spacial score (nSPS) is 12.3. The molecular weight excluding hydrogens is 457 g/mol. The summed E-state index contributed by atoms with van der Waals surface area (Å²) in [5, 5.41) is 0.136. The average molecular weight is 472 g/mol. The van der Waals surface area contributed by atoms with E-state index in [1.807, 2.05) is 0 Å². The van der Waals surface area contributed by atoms with Gasteiger partial charge in [0.05, 0.1) is 24.2 Å². The molecule has 3 rings (SSSR count). The van der Waals surface area contributed by atoms with Crippen LogP contribution in [0.2, 0.25) is 5.02 Å². The van der Waals surface area contributed by atoms with Crippen LogP contribution in [-0.2, 0) is 24.1 Å². The summed E-state index contributed by atoms with van der Waals surface area (Å²) in [6, 6.07) is 7.75. The van der Waals surface area contributed by atoms with Gasteiger partial charge in [0.1, 0.15) is 17.9 Å². The number of aldehydes is 1. The Morgan fingerprint density at radius 3 is 2.44 bits per heavy atom. The third kappa shape index (κ3) is 4.64. The zero-order valence-corrected chi connectivity index (χ0v) is 17.2. The van der Waals surface area contributed by atoms with E-state index in [0.29, 0.717) is 18.0 Å². The van der Waals surface area contributed by atoms with Crippen molar-refractivity contribution >= 4 is 23.8 Å². The van der Waals surface area contributed by atoms with E-state index in [2.05, 4.69) is 4.99 Å². The third-order valence-electron chi connectivity index (χ3n) is 4.67. The predicted molar refractivity (Wildman–Crippen MR) is 105 cm³/mol. The van der Waals surface area contributed by atoms with E-state index in [1.165, 1.54) is 33.6 Å². The Bertz CT molecular complexity index is 1240. The van der Waals surface area contributed by atoms with Crippen molar-refractivity contribution in [3.05, 3.63) is 87.0 Å². The molecule has 0 radical (unpaired) electrons. The van der Waals surface area contributed by atoms with Gasteiger partial charge in [-0.1, -0.05) is 23.7 Å². The van der Waals surface area contributed by atoms with Crippen molar-refractivity contribution in [2.75, 3.05) is 0 Å². The zero-order chi connectivity index (χ0) is 23.6. The Morgan fingerprint density at radius 2 is 1.81 bits per heavy atom. The second-order valence-electron chi connectivity index (χ2n) is 6.73. The van der Waals surface area contributed by atoms with Crippen molar-refractivity contribution in [3.63, 3.8) is 0 Å². The van der Waals surface area contributed by atoms with E-state index in [-0.39, 0.29) is 29.2 Å². The molecule has 0 unspecified atom stereocenters. The number of carbonyl (C=O) groups excluding carboxylic acids is 2. The van der Waals surface area contributed by atoms with Crippen molar-refractivity contribution in [2.24, 2.45) is 4.99 Å². The summed E-state index contributed by atoms with van der Waals surface area (Å²) in [6.45, 7) is 1.16. The highest BCUT2D eigenvalue weighted by Gasteiger charge is 2.35. The van der Waals surface area contributed by atoms with E-state index >= 15 is 0 Å². The van der Waals surface area contributed by atoms with Crippen LogP contribution in [0.5, 0.6) is 0 Å². The van der Waals surface area contributed by atoms with Crippen LogP contribution in [0.1, 0.15) is 27.2 Å². The summed E-state index contributed by atoms with van der Waals surface area (Å²) >= 11 is 6.06. The molecule has 0 saturated heterocycles. The first-order valence-corrected chi connectivity index (χ1v) is 9.51. The fourth-order valence-corrected chi connectivity index (χ4v) is 3.35. The summed E-state index contributed by atoms with van der Waals surface area (Å²) in [5.74, 6) is -3.61. The monoisotopic (exact) mass is 471 g/mol. The van der Waals surface area contributed by atoms with E-state index in [0.717, 1.165) is 12.1 Å². The molecule has 0 saturated carbocycles. The highest BCUT2D eigenvalue weighted by atomic mass is 35.5. The number of rotatable bonds is 5. The maximum absolute atomic E-state index is 14.3. The summed E-state index contributed by atoms with van der Waals surface area (Å²) in [5.41, 5.74) is -2.03. The number of amides is 1. The van der Waals surface area contributed by atoms with Gasteiger partial charge in [-0.25, -0.2) is 8.78 Å². The molecule has 3 aromatic rings. The molecule has 1 amide bonds. The van der Waals surface area contributed by atoms with Gasteiger partial charge in [0.2, 0.25) is 0 Å². The van der Waals surface area contributed by atoms with Crippen molar-refractivity contribution in [1.29, 1.82) is 0 Å². The van der Waals surface area contributed by atoms with Gasteiger partial charge < -0.3 is 4.79 Å². The lowest BCUT2D eigenvalue weighted by Crippen LogP contribution is -2.27. The van der Waals surface area contributed by atoms with Crippen LogP contribution in [0.4, 0.5) is 22.0 Å². The summed E-state index contributed by atoms with van der Waals surface area (Å²) < 4.78 is 70.0. The van der Waals surface area contributed by atoms with Crippen molar-refractivity contribution in [1.82, 2.24) is 9.36 Å². The van der Waals surface area contributed by atoms with Crippen molar-refractivity contribution in [2.45, 2.75) is 26.2 Å². The Labute approximate surface area is 183 Å². The minimum absolute atomic E-state index is 0.118. The predicted octanol–water partition coefficient (Wildman–Crippen LogP) is 4.54. The number of halogens is 6. The molecule has 32 heavy (non-hydrogen) atoms. The number of aromatic nitrogens is 2. The summed E-state index contributed by atoms with van der Waals surface area (Å²) in [4.78, 5) is 27.4. The van der Waals surface area contributed by atoms with E-state index in [1.54, 1.807) is 6.92 Å². The topological polar surface area (TPSA) is 56.4 Å². The molecule has 168 valence electrons. The molecule has 1 heterocycles. The van der Waals surface area contributed by atoms with E-state index < -0.39 is 34.8 Å². The molecule has 0 aliphatic heterocycles. The Hall–Kier alpha value is -3.27. The summed E-state index contributed by atoms with van der Waals surface area (Å²) in [7, 11) is 0. The molecule has 11 heteroatoms. The first kappa shape index (κ1) is 23.4. The van der Waals surface area contributed by atoms with Gasteiger partial charge >= 0.3 is 6.18 Å². The highest BCUT2D eigenvalue weighted by Crippen LogP contribution is 2.32. The molecule has 2 aromatic carbocycles. The van der Waals surface area contributed by atoms with Gasteiger partial charge in [-0.2, -0.15) is 18.2 Å². The number of alkyl halides is 3. The second kappa shape index (κ2) is 9.07. The Balaban J connectivity index is 2.10.